The van der Waals surface area contributed by atoms with Crippen LogP contribution in [0.1, 0.15) is 32.8 Å². The number of ether oxygens (including phenoxy) is 1. The van der Waals surface area contributed by atoms with Crippen LogP contribution in [-0.2, 0) is 0 Å². The molecular formula is C16H26N2O3. The Morgan fingerprint density at radius 2 is 2.14 bits per heavy atom. The third-order valence-corrected chi connectivity index (χ3v) is 3.89. The first-order valence-corrected chi connectivity index (χ1v) is 7.22. The molecule has 0 aromatic heterocycles. The second-order valence-corrected chi connectivity index (χ2v) is 5.68. The zero-order valence-corrected chi connectivity index (χ0v) is 13.5. The third-order valence-electron chi connectivity index (χ3n) is 3.89. The molecule has 3 N–H and O–H groups in total. The monoisotopic (exact) mass is 294 g/mol. The third kappa shape index (κ3) is 4.93. The molecule has 0 bridgehead atoms. The first-order valence-electron chi connectivity index (χ1n) is 7.22. The van der Waals surface area contributed by atoms with Gasteiger partial charge in [-0.05, 0) is 37.5 Å². The molecule has 1 rings (SSSR count). The number of aryl methyl sites for hydroxylation is 1. The molecule has 2 atom stereocenters. The Hall–Kier alpha value is -1.75. The number of aliphatic hydroxyl groups is 1. The van der Waals surface area contributed by atoms with Crippen LogP contribution >= 0.6 is 0 Å². The molecule has 5 heteroatoms. The molecule has 0 heterocycles. The smallest absolute Gasteiger partial charge is 0.319 e. The molecular weight excluding hydrogens is 268 g/mol. The summed E-state index contributed by atoms with van der Waals surface area (Å²) in [6, 6.07) is 5.18. The van der Waals surface area contributed by atoms with Crippen molar-refractivity contribution in [1.82, 2.24) is 5.32 Å². The summed E-state index contributed by atoms with van der Waals surface area (Å²) in [4.78, 5) is 11.9. The molecule has 0 saturated heterocycles. The number of hydrogen-bond donors (Lipinski definition) is 3. The molecule has 0 aliphatic rings. The Bertz CT molecular complexity index is 486. The van der Waals surface area contributed by atoms with Crippen LogP contribution in [0, 0.1) is 12.8 Å². The van der Waals surface area contributed by atoms with E-state index in [2.05, 4.69) is 10.6 Å². The number of benzene rings is 1. The van der Waals surface area contributed by atoms with Crippen molar-refractivity contribution in [2.75, 3.05) is 19.0 Å². The molecule has 0 spiro atoms. The van der Waals surface area contributed by atoms with Crippen molar-refractivity contribution in [1.29, 1.82) is 0 Å². The van der Waals surface area contributed by atoms with E-state index >= 15 is 0 Å². The maximum Gasteiger partial charge on any atom is 0.319 e. The summed E-state index contributed by atoms with van der Waals surface area (Å²) < 4.78 is 5.24. The summed E-state index contributed by atoms with van der Waals surface area (Å²) in [7, 11) is 1.56. The summed E-state index contributed by atoms with van der Waals surface area (Å²) in [6.45, 7) is 7.85. The minimum absolute atomic E-state index is 0.103. The number of amides is 2. The van der Waals surface area contributed by atoms with Crippen LogP contribution in [0.3, 0.4) is 0 Å². The van der Waals surface area contributed by atoms with Crippen LogP contribution in [0.4, 0.5) is 10.5 Å². The van der Waals surface area contributed by atoms with Gasteiger partial charge in [-0.2, -0.15) is 0 Å². The number of anilines is 1. The van der Waals surface area contributed by atoms with E-state index in [-0.39, 0.29) is 18.5 Å². The van der Waals surface area contributed by atoms with Crippen LogP contribution in [-0.4, -0.2) is 30.4 Å². The largest absolute Gasteiger partial charge is 0.495 e. The van der Waals surface area contributed by atoms with E-state index in [0.717, 1.165) is 12.0 Å². The number of hydrogen-bond acceptors (Lipinski definition) is 3. The van der Waals surface area contributed by atoms with Gasteiger partial charge in [0.1, 0.15) is 5.75 Å². The first-order chi connectivity index (χ1) is 9.80. The number of rotatable bonds is 6. The average Bonchev–Trinajstić information content (AvgIpc) is 2.46. The van der Waals surface area contributed by atoms with Gasteiger partial charge in [0, 0.05) is 6.54 Å². The number of nitrogens with one attached hydrogen (secondary N) is 2. The molecule has 5 nitrogen and oxygen atoms in total. The maximum atomic E-state index is 11.9. The Morgan fingerprint density at radius 3 is 2.71 bits per heavy atom. The Balaban J connectivity index is 2.62. The van der Waals surface area contributed by atoms with Gasteiger partial charge in [0.25, 0.3) is 0 Å². The molecule has 0 aliphatic heterocycles. The Kier molecular flexibility index (Phi) is 6.03. The standard InChI is InChI=1S/C16H26N2O3/c1-6-12(3)16(4,20)10-17-15(19)18-13-8-7-11(2)9-14(13)21-5/h7-9,12,20H,6,10H2,1-5H3,(H2,17,18,19). The second-order valence-electron chi connectivity index (χ2n) is 5.68. The van der Waals surface area contributed by atoms with Gasteiger partial charge >= 0.3 is 6.03 Å². The summed E-state index contributed by atoms with van der Waals surface area (Å²) in [5, 5.41) is 15.7. The fraction of sp³-hybridized carbons (Fsp3) is 0.562. The van der Waals surface area contributed by atoms with Gasteiger partial charge in [0.2, 0.25) is 0 Å². The Morgan fingerprint density at radius 1 is 1.48 bits per heavy atom. The number of carbonyl (C=O) groups excluding carboxylic acids is 1. The normalized spacial score (nSPS) is 15.0. The highest BCUT2D eigenvalue weighted by Crippen LogP contribution is 2.25. The van der Waals surface area contributed by atoms with E-state index in [0.29, 0.717) is 11.4 Å². The molecule has 1 aromatic rings. The molecule has 0 saturated carbocycles. The van der Waals surface area contributed by atoms with Crippen LogP contribution in [0.5, 0.6) is 5.75 Å². The van der Waals surface area contributed by atoms with E-state index in [1.165, 1.54) is 0 Å². The van der Waals surface area contributed by atoms with E-state index in [4.69, 9.17) is 4.74 Å². The van der Waals surface area contributed by atoms with Gasteiger partial charge < -0.3 is 20.5 Å². The lowest BCUT2D eigenvalue weighted by atomic mass is 9.89. The summed E-state index contributed by atoms with van der Waals surface area (Å²) in [6.07, 6.45) is 0.849. The van der Waals surface area contributed by atoms with Crippen LogP contribution in [0.2, 0.25) is 0 Å². The van der Waals surface area contributed by atoms with Gasteiger partial charge in [-0.1, -0.05) is 26.3 Å². The van der Waals surface area contributed by atoms with Crippen molar-refractivity contribution in [2.24, 2.45) is 5.92 Å². The summed E-state index contributed by atoms with van der Waals surface area (Å²) >= 11 is 0. The lowest BCUT2D eigenvalue weighted by Gasteiger charge is -2.29. The number of methoxy groups -OCH3 is 1. The molecule has 0 radical (unpaired) electrons. The molecule has 118 valence electrons. The second kappa shape index (κ2) is 7.31. The summed E-state index contributed by atoms with van der Waals surface area (Å²) in [5.41, 5.74) is 0.727. The molecule has 2 unspecified atom stereocenters. The quantitative estimate of drug-likeness (QED) is 0.755. The van der Waals surface area contributed by atoms with Crippen molar-refractivity contribution in [3.63, 3.8) is 0 Å². The number of carbonyl (C=O) groups is 1. The first kappa shape index (κ1) is 17.3. The van der Waals surface area contributed by atoms with Gasteiger partial charge in [-0.15, -0.1) is 0 Å². The minimum Gasteiger partial charge on any atom is -0.495 e. The fourth-order valence-electron chi connectivity index (χ4n) is 1.94. The van der Waals surface area contributed by atoms with Crippen molar-refractivity contribution >= 4 is 11.7 Å². The summed E-state index contributed by atoms with van der Waals surface area (Å²) in [5.74, 6) is 0.713. The van der Waals surface area contributed by atoms with Crippen molar-refractivity contribution in [3.05, 3.63) is 23.8 Å². The Labute approximate surface area is 126 Å². The van der Waals surface area contributed by atoms with Gasteiger partial charge in [-0.3, -0.25) is 0 Å². The SMILES string of the molecule is CCC(C)C(C)(O)CNC(=O)Nc1ccc(C)cc1OC. The molecule has 2 amide bonds. The van der Waals surface area contributed by atoms with Crippen molar-refractivity contribution < 1.29 is 14.6 Å². The minimum atomic E-state index is -0.927. The zero-order valence-electron chi connectivity index (χ0n) is 13.5. The van der Waals surface area contributed by atoms with E-state index < -0.39 is 5.60 Å². The van der Waals surface area contributed by atoms with Crippen LogP contribution < -0.4 is 15.4 Å². The van der Waals surface area contributed by atoms with Gasteiger partial charge in [0.05, 0.1) is 18.4 Å². The number of urea groups is 1. The predicted octanol–water partition coefficient (Wildman–Crippen LogP) is 2.92. The highest BCUT2D eigenvalue weighted by molar-refractivity contribution is 5.91. The van der Waals surface area contributed by atoms with Gasteiger partial charge in [-0.25, -0.2) is 4.79 Å². The van der Waals surface area contributed by atoms with Crippen LogP contribution in [0.25, 0.3) is 0 Å². The van der Waals surface area contributed by atoms with E-state index in [9.17, 15) is 9.90 Å². The average molecular weight is 294 g/mol. The van der Waals surface area contributed by atoms with Gasteiger partial charge in [0.15, 0.2) is 0 Å². The highest BCUT2D eigenvalue weighted by atomic mass is 16.5. The lowest BCUT2D eigenvalue weighted by Crippen LogP contribution is -2.46. The molecule has 1 aromatic carbocycles. The van der Waals surface area contributed by atoms with Crippen molar-refractivity contribution in [3.8, 4) is 5.75 Å². The molecule has 21 heavy (non-hydrogen) atoms. The topological polar surface area (TPSA) is 70.6 Å². The maximum absolute atomic E-state index is 11.9. The molecule has 0 aliphatic carbocycles. The van der Waals surface area contributed by atoms with E-state index in [1.54, 1.807) is 20.1 Å². The zero-order chi connectivity index (χ0) is 16.0. The highest BCUT2D eigenvalue weighted by Gasteiger charge is 2.27. The van der Waals surface area contributed by atoms with E-state index in [1.807, 2.05) is 32.9 Å². The molecule has 0 fully saturated rings. The predicted molar refractivity (Wildman–Crippen MR) is 84.8 cm³/mol. The van der Waals surface area contributed by atoms with Crippen LogP contribution in [0.15, 0.2) is 18.2 Å². The van der Waals surface area contributed by atoms with Crippen molar-refractivity contribution in [2.45, 2.75) is 39.7 Å². The fourth-order valence-corrected chi connectivity index (χ4v) is 1.94. The lowest BCUT2D eigenvalue weighted by molar-refractivity contribution is 0.00827.